The molecule has 2 bridgehead atoms. The number of amides is 2. The lowest BCUT2D eigenvalue weighted by atomic mass is 9.87. The fourth-order valence-corrected chi connectivity index (χ4v) is 6.07. The summed E-state index contributed by atoms with van der Waals surface area (Å²) in [6, 6.07) is 0. The number of carbonyl (C=O) groups is 2. The number of fused-ring (bicyclic) bond motifs is 2. The van der Waals surface area contributed by atoms with Gasteiger partial charge in [0.2, 0.25) is 11.8 Å². The third kappa shape index (κ3) is 3.78. The summed E-state index contributed by atoms with van der Waals surface area (Å²) in [6.45, 7) is 10.1. The molecule has 2 saturated carbocycles. The first-order valence-electron chi connectivity index (χ1n) is 10.8. The van der Waals surface area contributed by atoms with Gasteiger partial charge in [0, 0.05) is 45.2 Å². The number of piperidine rings is 1. The highest BCUT2D eigenvalue weighted by Crippen LogP contribution is 2.48. The van der Waals surface area contributed by atoms with Gasteiger partial charge in [-0.15, -0.1) is 0 Å². The molecule has 5 atom stereocenters. The van der Waals surface area contributed by atoms with Gasteiger partial charge in [-0.1, -0.05) is 20.3 Å². The molecule has 2 heterocycles. The van der Waals surface area contributed by atoms with Gasteiger partial charge < -0.3 is 9.80 Å². The van der Waals surface area contributed by atoms with Gasteiger partial charge in [0.1, 0.15) is 0 Å². The normalized spacial score (nSPS) is 38.0. The summed E-state index contributed by atoms with van der Waals surface area (Å²) in [5.74, 6) is 3.69. The van der Waals surface area contributed by atoms with Crippen LogP contribution in [0.25, 0.3) is 0 Å². The van der Waals surface area contributed by atoms with Crippen LogP contribution in [0.1, 0.15) is 46.0 Å². The van der Waals surface area contributed by atoms with Crippen LogP contribution in [0.15, 0.2) is 0 Å². The topological polar surface area (TPSA) is 43.9 Å². The summed E-state index contributed by atoms with van der Waals surface area (Å²) >= 11 is 0. The van der Waals surface area contributed by atoms with E-state index in [0.29, 0.717) is 36.1 Å². The summed E-state index contributed by atoms with van der Waals surface area (Å²) in [4.78, 5) is 31.9. The van der Waals surface area contributed by atoms with Gasteiger partial charge >= 0.3 is 0 Å². The summed E-state index contributed by atoms with van der Waals surface area (Å²) in [5.41, 5.74) is 0. The third-order valence-electron chi connectivity index (χ3n) is 7.32. The molecule has 2 aliphatic heterocycles. The highest BCUT2D eigenvalue weighted by molar-refractivity contribution is 5.80. The number of nitrogens with zero attached hydrogens (tertiary/aromatic N) is 3. The van der Waals surface area contributed by atoms with Crippen LogP contribution in [-0.4, -0.2) is 72.3 Å². The zero-order valence-electron chi connectivity index (χ0n) is 16.5. The van der Waals surface area contributed by atoms with Crippen LogP contribution in [0.4, 0.5) is 0 Å². The summed E-state index contributed by atoms with van der Waals surface area (Å²) < 4.78 is 0. The molecule has 0 radical (unpaired) electrons. The molecule has 5 unspecified atom stereocenters. The molecule has 4 fully saturated rings. The predicted molar refractivity (Wildman–Crippen MR) is 101 cm³/mol. The Morgan fingerprint density at radius 3 is 2.12 bits per heavy atom. The van der Waals surface area contributed by atoms with Crippen molar-refractivity contribution in [3.8, 4) is 0 Å². The second-order valence-electron chi connectivity index (χ2n) is 9.63. The molecule has 0 spiro atoms. The maximum Gasteiger partial charge on any atom is 0.236 e. The number of hydrogen-bond donors (Lipinski definition) is 0. The van der Waals surface area contributed by atoms with Gasteiger partial charge in [-0.05, 0) is 49.4 Å². The Morgan fingerprint density at radius 2 is 1.54 bits per heavy atom. The van der Waals surface area contributed by atoms with Crippen molar-refractivity contribution in [1.82, 2.24) is 14.7 Å². The monoisotopic (exact) mass is 361 g/mol. The average molecular weight is 362 g/mol. The Bertz CT molecular complexity index is 533. The van der Waals surface area contributed by atoms with E-state index in [9.17, 15) is 9.59 Å². The van der Waals surface area contributed by atoms with E-state index < -0.39 is 0 Å². The lowest BCUT2D eigenvalue weighted by Crippen LogP contribution is -2.54. The van der Waals surface area contributed by atoms with Gasteiger partial charge in [0.15, 0.2) is 0 Å². The third-order valence-corrected chi connectivity index (χ3v) is 7.32. The predicted octanol–water partition coefficient (Wildman–Crippen LogP) is 2.07. The second-order valence-corrected chi connectivity index (χ2v) is 9.63. The largest absolute Gasteiger partial charge is 0.341 e. The molecule has 0 aromatic carbocycles. The number of hydrogen-bond acceptors (Lipinski definition) is 3. The fourth-order valence-electron chi connectivity index (χ4n) is 6.07. The van der Waals surface area contributed by atoms with Crippen molar-refractivity contribution >= 4 is 11.8 Å². The molecule has 5 heteroatoms. The molecule has 0 aromatic heterocycles. The number of rotatable bonds is 3. The zero-order chi connectivity index (χ0) is 18.3. The van der Waals surface area contributed by atoms with E-state index in [0.717, 1.165) is 51.6 Å². The minimum absolute atomic E-state index is 0.274. The Hall–Kier alpha value is -1.10. The maximum atomic E-state index is 12.9. The zero-order valence-corrected chi connectivity index (χ0v) is 16.5. The van der Waals surface area contributed by atoms with Gasteiger partial charge in [0.25, 0.3) is 0 Å². The van der Waals surface area contributed by atoms with Crippen LogP contribution in [0.2, 0.25) is 0 Å². The van der Waals surface area contributed by atoms with E-state index in [4.69, 9.17) is 0 Å². The fraction of sp³-hybridized carbons (Fsp3) is 0.905. The van der Waals surface area contributed by atoms with Crippen molar-refractivity contribution in [3.63, 3.8) is 0 Å². The van der Waals surface area contributed by atoms with Crippen LogP contribution in [0, 0.1) is 29.6 Å². The highest BCUT2D eigenvalue weighted by Gasteiger charge is 2.44. The minimum Gasteiger partial charge on any atom is -0.341 e. The van der Waals surface area contributed by atoms with Crippen LogP contribution in [0.3, 0.4) is 0 Å². The van der Waals surface area contributed by atoms with E-state index in [1.54, 1.807) is 0 Å². The average Bonchev–Trinajstić information content (AvgIpc) is 3.24. The van der Waals surface area contributed by atoms with Gasteiger partial charge in [-0.2, -0.15) is 0 Å². The molecule has 0 N–H and O–H groups in total. The molecule has 4 aliphatic rings. The lowest BCUT2D eigenvalue weighted by Gasteiger charge is -2.39. The van der Waals surface area contributed by atoms with E-state index in [-0.39, 0.29) is 5.91 Å². The molecule has 4 rings (SSSR count). The Kier molecular flexibility index (Phi) is 5.27. The van der Waals surface area contributed by atoms with Crippen molar-refractivity contribution in [1.29, 1.82) is 0 Å². The smallest absolute Gasteiger partial charge is 0.236 e. The second kappa shape index (κ2) is 7.49. The Morgan fingerprint density at radius 1 is 0.846 bits per heavy atom. The first-order chi connectivity index (χ1) is 12.5. The summed E-state index contributed by atoms with van der Waals surface area (Å²) in [5, 5.41) is 0. The van der Waals surface area contributed by atoms with Gasteiger partial charge in [-0.3, -0.25) is 14.5 Å². The Labute approximate surface area is 158 Å². The molecule has 146 valence electrons. The van der Waals surface area contributed by atoms with Crippen LogP contribution < -0.4 is 0 Å². The van der Waals surface area contributed by atoms with Crippen molar-refractivity contribution < 1.29 is 9.59 Å². The van der Waals surface area contributed by atoms with Crippen molar-refractivity contribution in [2.45, 2.75) is 46.0 Å². The van der Waals surface area contributed by atoms with Crippen molar-refractivity contribution in [2.24, 2.45) is 29.6 Å². The highest BCUT2D eigenvalue weighted by atomic mass is 16.2. The molecule has 26 heavy (non-hydrogen) atoms. The van der Waals surface area contributed by atoms with E-state index in [1.165, 1.54) is 25.7 Å². The van der Waals surface area contributed by atoms with E-state index in [1.807, 2.05) is 0 Å². The molecular weight excluding hydrogens is 326 g/mol. The SMILES string of the molecule is CC1CC(C)CN(C(=O)CN2CCN(C(=O)C3CC4CCC3C4)CC2)C1. The van der Waals surface area contributed by atoms with Crippen LogP contribution in [0.5, 0.6) is 0 Å². The molecule has 2 aliphatic carbocycles. The molecule has 2 amide bonds. The summed E-state index contributed by atoms with van der Waals surface area (Å²) in [7, 11) is 0. The molecular formula is C21H35N3O2. The quantitative estimate of drug-likeness (QED) is 0.773. The number of carbonyl (C=O) groups excluding carboxylic acids is 2. The van der Waals surface area contributed by atoms with Crippen molar-refractivity contribution in [3.05, 3.63) is 0 Å². The van der Waals surface area contributed by atoms with Crippen LogP contribution in [-0.2, 0) is 9.59 Å². The molecule has 0 aromatic rings. The summed E-state index contributed by atoms with van der Waals surface area (Å²) in [6.07, 6.45) is 6.26. The van der Waals surface area contributed by atoms with Gasteiger partial charge in [0.05, 0.1) is 6.54 Å². The first kappa shape index (κ1) is 18.3. The lowest BCUT2D eigenvalue weighted by molar-refractivity contribution is -0.140. The van der Waals surface area contributed by atoms with Crippen molar-refractivity contribution in [2.75, 3.05) is 45.8 Å². The first-order valence-corrected chi connectivity index (χ1v) is 10.8. The van der Waals surface area contributed by atoms with E-state index in [2.05, 4.69) is 28.5 Å². The Balaban J connectivity index is 1.23. The number of piperazine rings is 1. The standard InChI is InChI=1S/C21H35N3O2/c1-15-9-16(2)13-24(12-15)20(25)14-22-5-7-23(8-6-22)21(26)19-11-17-3-4-18(19)10-17/h15-19H,3-14H2,1-2H3. The number of likely N-dealkylation sites (tertiary alicyclic amines) is 1. The molecule has 2 saturated heterocycles. The van der Waals surface area contributed by atoms with Gasteiger partial charge in [-0.25, -0.2) is 0 Å². The maximum absolute atomic E-state index is 12.9. The molecule has 5 nitrogen and oxygen atoms in total. The minimum atomic E-state index is 0.274. The van der Waals surface area contributed by atoms with E-state index >= 15 is 0 Å². The van der Waals surface area contributed by atoms with Crippen LogP contribution >= 0.6 is 0 Å².